The first-order valence-electron chi connectivity index (χ1n) is 10.5. The summed E-state index contributed by atoms with van der Waals surface area (Å²) >= 11 is 0. The van der Waals surface area contributed by atoms with Crippen molar-refractivity contribution >= 4 is 16.7 Å². The Labute approximate surface area is 177 Å². The molecule has 0 radical (unpaired) electrons. The molecule has 0 unspecified atom stereocenters. The highest BCUT2D eigenvalue weighted by Crippen LogP contribution is 2.49. The Hall–Kier alpha value is -3.33. The van der Waals surface area contributed by atoms with Crippen LogP contribution in [-0.2, 0) is 16.9 Å². The molecule has 1 heterocycles. The average Bonchev–Trinajstić information content (AvgIpc) is 3.20. The Balaban J connectivity index is 1.41. The summed E-state index contributed by atoms with van der Waals surface area (Å²) in [5.74, 6) is 1.12. The van der Waals surface area contributed by atoms with Gasteiger partial charge >= 0.3 is 0 Å². The first-order chi connectivity index (χ1) is 14.7. The van der Waals surface area contributed by atoms with E-state index in [9.17, 15) is 0 Å². The van der Waals surface area contributed by atoms with Crippen molar-refractivity contribution in [2.75, 3.05) is 0 Å². The van der Waals surface area contributed by atoms with Gasteiger partial charge in [0.25, 0.3) is 0 Å². The highest BCUT2D eigenvalue weighted by atomic mass is 16.6. The smallest absolute Gasteiger partial charge is 0.153 e. The molecule has 1 aromatic heterocycles. The highest BCUT2D eigenvalue weighted by molar-refractivity contribution is 6.03. The molecule has 0 amide bonds. The van der Waals surface area contributed by atoms with E-state index in [-0.39, 0.29) is 5.41 Å². The van der Waals surface area contributed by atoms with Crippen molar-refractivity contribution in [3.8, 4) is 0 Å². The van der Waals surface area contributed by atoms with Crippen LogP contribution in [0.5, 0.6) is 0 Å². The number of furan rings is 1. The average molecular weight is 396 g/mol. The Bertz CT molecular complexity index is 1120. The molecule has 4 aromatic rings. The molecular formula is C27H25NO2. The number of hydrogen-bond acceptors (Lipinski definition) is 3. The molecule has 1 saturated carbocycles. The second-order valence-electron chi connectivity index (χ2n) is 8.42. The van der Waals surface area contributed by atoms with E-state index in [1.54, 1.807) is 0 Å². The molecule has 0 N–H and O–H groups in total. The number of nitrogens with zero attached hydrogens (tertiary/aromatic N) is 1. The van der Waals surface area contributed by atoms with E-state index in [1.807, 2.05) is 48.5 Å². The molecule has 0 spiro atoms. The molecule has 3 nitrogen and oxygen atoms in total. The van der Waals surface area contributed by atoms with Gasteiger partial charge in [0.15, 0.2) is 5.76 Å². The summed E-state index contributed by atoms with van der Waals surface area (Å²) in [5.41, 5.74) is 4.45. The lowest BCUT2D eigenvalue weighted by molar-refractivity contribution is 0.123. The molecule has 1 fully saturated rings. The molecular weight excluding hydrogens is 370 g/mol. The molecule has 0 aliphatic heterocycles. The molecule has 0 atom stereocenters. The van der Waals surface area contributed by atoms with Gasteiger partial charge in [0.05, 0.1) is 0 Å². The van der Waals surface area contributed by atoms with E-state index in [0.29, 0.717) is 12.5 Å². The zero-order valence-electron chi connectivity index (χ0n) is 17.1. The van der Waals surface area contributed by atoms with Gasteiger partial charge < -0.3 is 9.25 Å². The molecule has 0 bridgehead atoms. The Morgan fingerprint density at radius 1 is 0.933 bits per heavy atom. The van der Waals surface area contributed by atoms with Crippen LogP contribution >= 0.6 is 0 Å². The maximum absolute atomic E-state index is 6.15. The molecule has 0 saturated heterocycles. The van der Waals surface area contributed by atoms with Crippen LogP contribution in [0, 0.1) is 5.92 Å². The van der Waals surface area contributed by atoms with Crippen LogP contribution in [0.15, 0.2) is 101 Å². The normalized spacial score (nSPS) is 21.4. The number of hydrogen-bond donors (Lipinski definition) is 0. The lowest BCUT2D eigenvalue weighted by Gasteiger charge is -2.45. The number of benzene rings is 3. The molecule has 150 valence electrons. The molecule has 30 heavy (non-hydrogen) atoms. The van der Waals surface area contributed by atoms with Crippen LogP contribution in [0.25, 0.3) is 11.0 Å². The zero-order chi connectivity index (χ0) is 20.4. The minimum Gasteiger partial charge on any atom is -0.455 e. The van der Waals surface area contributed by atoms with Crippen molar-refractivity contribution < 1.29 is 9.25 Å². The number of rotatable bonds is 6. The zero-order valence-corrected chi connectivity index (χ0v) is 17.1. The number of oxime groups is 1. The third-order valence-corrected chi connectivity index (χ3v) is 6.17. The van der Waals surface area contributed by atoms with Gasteiger partial charge in [-0.3, -0.25) is 0 Å². The fourth-order valence-corrected chi connectivity index (χ4v) is 4.48. The van der Waals surface area contributed by atoms with E-state index in [2.05, 4.69) is 54.5 Å². The van der Waals surface area contributed by atoms with Crippen LogP contribution in [-0.4, -0.2) is 5.71 Å². The van der Waals surface area contributed by atoms with Crippen molar-refractivity contribution in [3.05, 3.63) is 108 Å². The van der Waals surface area contributed by atoms with Gasteiger partial charge in [0, 0.05) is 11.3 Å². The van der Waals surface area contributed by atoms with E-state index >= 15 is 0 Å². The molecule has 3 heteroatoms. The van der Waals surface area contributed by atoms with Crippen molar-refractivity contribution in [2.24, 2.45) is 11.1 Å². The van der Waals surface area contributed by atoms with Crippen molar-refractivity contribution in [2.45, 2.75) is 31.8 Å². The lowest BCUT2D eigenvalue weighted by atomic mass is 9.58. The highest BCUT2D eigenvalue weighted by Gasteiger charge is 2.45. The van der Waals surface area contributed by atoms with Gasteiger partial charge in [-0.25, -0.2) is 0 Å². The summed E-state index contributed by atoms with van der Waals surface area (Å²) < 4.78 is 6.15. The summed E-state index contributed by atoms with van der Waals surface area (Å²) in [6.45, 7) is 2.78. The topological polar surface area (TPSA) is 34.7 Å². The first kappa shape index (κ1) is 18.7. The first-order valence-corrected chi connectivity index (χ1v) is 10.5. The third-order valence-electron chi connectivity index (χ3n) is 6.17. The SMILES string of the molecule is CC1(c2ccccc2)CC(/C(=N\OCc2ccccc2)c2cc3ccccc3o2)C1. The molecule has 5 rings (SSSR count). The minimum atomic E-state index is 0.165. The summed E-state index contributed by atoms with van der Waals surface area (Å²) in [7, 11) is 0. The van der Waals surface area contributed by atoms with Gasteiger partial charge in [0.1, 0.15) is 17.9 Å². The van der Waals surface area contributed by atoms with Crippen molar-refractivity contribution in [1.82, 2.24) is 0 Å². The maximum Gasteiger partial charge on any atom is 0.153 e. The van der Waals surface area contributed by atoms with E-state index in [1.165, 1.54) is 5.56 Å². The molecule has 1 aliphatic rings. The predicted octanol–water partition coefficient (Wildman–Crippen LogP) is 6.72. The van der Waals surface area contributed by atoms with Crippen LogP contribution in [0.4, 0.5) is 0 Å². The van der Waals surface area contributed by atoms with Gasteiger partial charge in [-0.2, -0.15) is 0 Å². The van der Waals surface area contributed by atoms with Crippen LogP contribution in [0.2, 0.25) is 0 Å². The second kappa shape index (κ2) is 7.83. The summed E-state index contributed by atoms with van der Waals surface area (Å²) in [6.07, 6.45) is 2.06. The van der Waals surface area contributed by atoms with Crippen molar-refractivity contribution in [1.29, 1.82) is 0 Å². The standard InChI is InChI=1S/C27H25NO2/c1-27(23-13-6-3-7-14-23)17-22(18-27)26(28-29-19-20-10-4-2-5-11-20)25-16-21-12-8-9-15-24(21)30-25/h2-16,22H,17-19H2,1H3/b28-26+. The van der Waals surface area contributed by atoms with Gasteiger partial charge in [-0.05, 0) is 41.5 Å². The van der Waals surface area contributed by atoms with E-state index in [4.69, 9.17) is 9.25 Å². The largest absolute Gasteiger partial charge is 0.455 e. The van der Waals surface area contributed by atoms with Crippen LogP contribution in [0.1, 0.15) is 36.7 Å². The fourth-order valence-electron chi connectivity index (χ4n) is 4.48. The Morgan fingerprint density at radius 3 is 2.33 bits per heavy atom. The Kier molecular flexibility index (Phi) is 4.88. The summed E-state index contributed by atoms with van der Waals surface area (Å²) in [5, 5.41) is 5.68. The number of para-hydroxylation sites is 1. The minimum absolute atomic E-state index is 0.165. The van der Waals surface area contributed by atoms with Crippen molar-refractivity contribution in [3.63, 3.8) is 0 Å². The fraction of sp³-hybridized carbons (Fsp3) is 0.222. The van der Waals surface area contributed by atoms with Gasteiger partial charge in [-0.1, -0.05) is 90.9 Å². The maximum atomic E-state index is 6.15. The van der Waals surface area contributed by atoms with E-state index < -0.39 is 0 Å². The van der Waals surface area contributed by atoms with E-state index in [0.717, 1.165) is 40.8 Å². The monoisotopic (exact) mass is 395 g/mol. The van der Waals surface area contributed by atoms with Crippen LogP contribution in [0.3, 0.4) is 0 Å². The second-order valence-corrected chi connectivity index (χ2v) is 8.42. The predicted molar refractivity (Wildman–Crippen MR) is 121 cm³/mol. The summed E-state index contributed by atoms with van der Waals surface area (Å²) in [4.78, 5) is 5.79. The summed E-state index contributed by atoms with van der Waals surface area (Å²) in [6, 6.07) is 31.0. The molecule has 3 aromatic carbocycles. The molecule has 1 aliphatic carbocycles. The van der Waals surface area contributed by atoms with Gasteiger partial charge in [0.2, 0.25) is 0 Å². The quantitative estimate of drug-likeness (QED) is 0.268. The van der Waals surface area contributed by atoms with Gasteiger partial charge in [-0.15, -0.1) is 0 Å². The number of fused-ring (bicyclic) bond motifs is 1. The Morgan fingerprint density at radius 2 is 1.60 bits per heavy atom. The third kappa shape index (κ3) is 3.63. The lowest BCUT2D eigenvalue weighted by Crippen LogP contribution is -2.42. The van der Waals surface area contributed by atoms with Crippen LogP contribution < -0.4 is 0 Å².